The summed E-state index contributed by atoms with van der Waals surface area (Å²) in [6, 6.07) is 5.18. The highest BCUT2D eigenvalue weighted by Gasteiger charge is 2.09. The molecular weight excluding hydrogens is 320 g/mol. The van der Waals surface area contributed by atoms with Crippen LogP contribution in [0.15, 0.2) is 18.2 Å². The van der Waals surface area contributed by atoms with Gasteiger partial charge in [-0.1, -0.05) is 0 Å². The Morgan fingerprint density at radius 2 is 1.56 bits per heavy atom. The predicted molar refractivity (Wildman–Crippen MR) is 94.3 cm³/mol. The number of nitrogens with one attached hydrogen (secondary N) is 2. The van der Waals surface area contributed by atoms with Gasteiger partial charge < -0.3 is 15.4 Å². The van der Waals surface area contributed by atoms with Crippen molar-refractivity contribution in [2.24, 2.45) is 0 Å². The summed E-state index contributed by atoms with van der Waals surface area (Å²) in [6.45, 7) is 5.84. The Morgan fingerprint density at radius 1 is 0.920 bits per heavy atom. The number of carbonyl (C=O) groups excluding carboxylic acids is 3. The maximum absolute atomic E-state index is 12.2. The van der Waals surface area contributed by atoms with Gasteiger partial charge in [0, 0.05) is 31.5 Å². The zero-order chi connectivity index (χ0) is 18.4. The summed E-state index contributed by atoms with van der Waals surface area (Å²) in [4.78, 5) is 43.4. The summed E-state index contributed by atoms with van der Waals surface area (Å²) in [6.07, 6.45) is 0.403. The van der Waals surface area contributed by atoms with Crippen LogP contribution in [0.1, 0.15) is 41.5 Å². The molecule has 7 heteroatoms. The zero-order valence-electron chi connectivity index (χ0n) is 14.7. The molecule has 0 radical (unpaired) electrons. The van der Waals surface area contributed by atoms with E-state index in [1.165, 1.54) is 6.92 Å². The van der Waals surface area contributed by atoms with Gasteiger partial charge in [0.2, 0.25) is 5.91 Å². The van der Waals surface area contributed by atoms with Gasteiger partial charge in [0.25, 0.3) is 5.91 Å². The lowest BCUT2D eigenvalue weighted by Gasteiger charge is -2.08. The summed E-state index contributed by atoms with van der Waals surface area (Å²) in [5, 5.41) is 5.40. The summed E-state index contributed by atoms with van der Waals surface area (Å²) >= 11 is 0. The van der Waals surface area contributed by atoms with Gasteiger partial charge >= 0.3 is 0 Å². The number of carbonyl (C=O) groups is 3. The molecule has 0 saturated heterocycles. The normalized spacial score (nSPS) is 10.5. The summed E-state index contributed by atoms with van der Waals surface area (Å²) in [5.41, 5.74) is 3.61. The molecule has 7 nitrogen and oxygen atoms in total. The van der Waals surface area contributed by atoms with E-state index in [0.717, 1.165) is 16.9 Å². The first-order valence-electron chi connectivity index (χ1n) is 8.16. The second-order valence-corrected chi connectivity index (χ2v) is 5.91. The number of nitrogens with zero attached hydrogens (tertiary/aromatic N) is 2. The highest BCUT2D eigenvalue weighted by molar-refractivity contribution is 5.97. The van der Waals surface area contributed by atoms with Crippen molar-refractivity contribution in [3.63, 3.8) is 0 Å². The molecule has 0 aliphatic heterocycles. The van der Waals surface area contributed by atoms with Gasteiger partial charge in [0.1, 0.15) is 5.78 Å². The van der Waals surface area contributed by atoms with Crippen LogP contribution in [0.3, 0.4) is 0 Å². The number of amides is 2. The van der Waals surface area contributed by atoms with Gasteiger partial charge in [-0.3, -0.25) is 9.59 Å². The van der Waals surface area contributed by atoms with E-state index in [0.29, 0.717) is 24.2 Å². The minimum absolute atomic E-state index is 0.0201. The fourth-order valence-electron chi connectivity index (χ4n) is 2.23. The lowest BCUT2D eigenvalue weighted by molar-refractivity contribution is -0.124. The van der Waals surface area contributed by atoms with Crippen LogP contribution in [0, 0.1) is 13.8 Å². The Hall–Kier alpha value is -2.83. The second-order valence-electron chi connectivity index (χ2n) is 5.91. The highest BCUT2D eigenvalue weighted by atomic mass is 16.2. The number of hydrogen-bond acceptors (Lipinski definition) is 5. The smallest absolute Gasteiger partial charge is 0.251 e. The number of Topliss-reactive ketones (excluding diaryl/α,β-unsaturated/α-hetero) is 1. The summed E-state index contributed by atoms with van der Waals surface area (Å²) < 4.78 is 0. The number of benzene rings is 1. The van der Waals surface area contributed by atoms with E-state index in [9.17, 15) is 14.4 Å². The van der Waals surface area contributed by atoms with Gasteiger partial charge in [-0.05, 0) is 39.0 Å². The molecule has 0 bridgehead atoms. The summed E-state index contributed by atoms with van der Waals surface area (Å²) in [7, 11) is 0. The Morgan fingerprint density at radius 3 is 2.24 bits per heavy atom. The molecule has 0 spiro atoms. The Kier molecular flexibility index (Phi) is 6.16. The van der Waals surface area contributed by atoms with Gasteiger partial charge in [0.05, 0.1) is 22.4 Å². The first-order valence-corrected chi connectivity index (χ1v) is 8.16. The van der Waals surface area contributed by atoms with E-state index < -0.39 is 0 Å². The minimum Gasteiger partial charge on any atom is -0.354 e. The molecule has 1 aromatic heterocycles. The number of hydrogen-bond donors (Lipinski definition) is 2. The molecule has 2 aromatic rings. The average Bonchev–Trinajstić information content (AvgIpc) is 2.57. The largest absolute Gasteiger partial charge is 0.354 e. The van der Waals surface area contributed by atoms with Crippen LogP contribution < -0.4 is 10.6 Å². The molecule has 0 aliphatic carbocycles. The van der Waals surface area contributed by atoms with E-state index in [-0.39, 0.29) is 30.4 Å². The number of ketones is 1. The maximum atomic E-state index is 12.2. The van der Waals surface area contributed by atoms with E-state index in [1.807, 2.05) is 13.8 Å². The number of aryl methyl sites for hydroxylation is 2. The molecule has 0 saturated carbocycles. The molecule has 0 aliphatic rings. The molecule has 1 heterocycles. The number of fused-ring (bicyclic) bond motifs is 1. The quantitative estimate of drug-likeness (QED) is 0.742. The standard InChI is InChI=1S/C18H22N4O3/c1-11(23)4-7-17(24)19-8-9-20-18(25)14-5-6-15-16(10-14)22-13(3)12(2)21-15/h5-6,10H,4,7-9H2,1-3H3,(H,19,24)(H,20,25). The molecule has 0 unspecified atom stereocenters. The van der Waals surface area contributed by atoms with E-state index in [1.54, 1.807) is 18.2 Å². The number of aromatic nitrogens is 2. The molecule has 1 aromatic carbocycles. The molecule has 2 rings (SSSR count). The van der Waals surface area contributed by atoms with Crippen molar-refractivity contribution in [1.29, 1.82) is 0 Å². The van der Waals surface area contributed by atoms with Crippen LogP contribution >= 0.6 is 0 Å². The third kappa shape index (κ3) is 5.34. The molecule has 2 amide bonds. The maximum Gasteiger partial charge on any atom is 0.251 e. The van der Waals surface area contributed by atoms with E-state index >= 15 is 0 Å². The van der Waals surface area contributed by atoms with Crippen LogP contribution in [-0.2, 0) is 9.59 Å². The SMILES string of the molecule is CC(=O)CCC(=O)NCCNC(=O)c1ccc2nc(C)c(C)nc2c1. The lowest BCUT2D eigenvalue weighted by atomic mass is 10.1. The van der Waals surface area contributed by atoms with Gasteiger partial charge in [0.15, 0.2) is 0 Å². The van der Waals surface area contributed by atoms with Crippen molar-refractivity contribution in [2.45, 2.75) is 33.6 Å². The van der Waals surface area contributed by atoms with Crippen molar-refractivity contribution in [1.82, 2.24) is 20.6 Å². The zero-order valence-corrected chi connectivity index (χ0v) is 14.7. The van der Waals surface area contributed by atoms with E-state index in [4.69, 9.17) is 0 Å². The van der Waals surface area contributed by atoms with Gasteiger partial charge in [-0.25, -0.2) is 9.97 Å². The molecular formula is C18H22N4O3. The van der Waals surface area contributed by atoms with Crippen molar-refractivity contribution < 1.29 is 14.4 Å². The second kappa shape index (κ2) is 8.32. The molecule has 25 heavy (non-hydrogen) atoms. The molecule has 0 atom stereocenters. The minimum atomic E-state index is -0.236. The third-order valence-electron chi connectivity index (χ3n) is 3.77. The molecule has 132 valence electrons. The summed E-state index contributed by atoms with van der Waals surface area (Å²) in [5.74, 6) is -0.454. The van der Waals surface area contributed by atoms with Crippen LogP contribution in [-0.4, -0.2) is 40.7 Å². The molecule has 2 N–H and O–H groups in total. The first kappa shape index (κ1) is 18.5. The van der Waals surface area contributed by atoms with Gasteiger partial charge in [-0.2, -0.15) is 0 Å². The average molecular weight is 342 g/mol. The lowest BCUT2D eigenvalue weighted by Crippen LogP contribution is -2.34. The predicted octanol–water partition coefficient (Wildman–Crippen LogP) is 1.46. The Balaban J connectivity index is 1.86. The van der Waals surface area contributed by atoms with Gasteiger partial charge in [-0.15, -0.1) is 0 Å². The van der Waals surface area contributed by atoms with Crippen LogP contribution in [0.5, 0.6) is 0 Å². The monoisotopic (exact) mass is 342 g/mol. The van der Waals surface area contributed by atoms with Crippen molar-refractivity contribution >= 4 is 28.6 Å². The number of rotatable bonds is 7. The Bertz CT molecular complexity index is 817. The molecule has 0 fully saturated rings. The fraction of sp³-hybridized carbons (Fsp3) is 0.389. The van der Waals surface area contributed by atoms with Crippen molar-refractivity contribution in [3.8, 4) is 0 Å². The van der Waals surface area contributed by atoms with Crippen molar-refractivity contribution in [2.75, 3.05) is 13.1 Å². The van der Waals surface area contributed by atoms with E-state index in [2.05, 4.69) is 20.6 Å². The highest BCUT2D eigenvalue weighted by Crippen LogP contribution is 2.14. The van der Waals surface area contributed by atoms with Crippen LogP contribution in [0.25, 0.3) is 11.0 Å². The van der Waals surface area contributed by atoms with Crippen LogP contribution in [0.4, 0.5) is 0 Å². The fourth-order valence-corrected chi connectivity index (χ4v) is 2.23. The third-order valence-corrected chi connectivity index (χ3v) is 3.77. The van der Waals surface area contributed by atoms with Crippen molar-refractivity contribution in [3.05, 3.63) is 35.2 Å². The van der Waals surface area contributed by atoms with Crippen LogP contribution in [0.2, 0.25) is 0 Å². The Labute approximate surface area is 146 Å². The topological polar surface area (TPSA) is 101 Å². The first-order chi connectivity index (χ1) is 11.9.